The number of fused-ring (bicyclic) bond motifs is 1. The molecule has 1 aliphatic rings. The van der Waals surface area contributed by atoms with Crippen LogP contribution in [0.15, 0.2) is 35.1 Å². The minimum atomic E-state index is -0.352. The van der Waals surface area contributed by atoms with Gasteiger partial charge in [0, 0.05) is 12.1 Å². The van der Waals surface area contributed by atoms with Gasteiger partial charge in [0.15, 0.2) is 11.6 Å². The fourth-order valence-corrected chi connectivity index (χ4v) is 2.20. The van der Waals surface area contributed by atoms with Crippen molar-refractivity contribution in [1.82, 2.24) is 0 Å². The van der Waals surface area contributed by atoms with E-state index in [2.05, 4.69) is 10.6 Å². The molecule has 1 unspecified atom stereocenters. The van der Waals surface area contributed by atoms with Crippen LogP contribution < -0.4 is 15.4 Å². The van der Waals surface area contributed by atoms with Crippen LogP contribution in [0.5, 0.6) is 5.75 Å². The lowest BCUT2D eigenvalue weighted by atomic mass is 10.0. The van der Waals surface area contributed by atoms with E-state index in [1.165, 1.54) is 13.2 Å². The Labute approximate surface area is 104 Å². The molecule has 3 rings (SSSR count). The van der Waals surface area contributed by atoms with Gasteiger partial charge in [-0.1, -0.05) is 12.1 Å². The Hall–Kier alpha value is -2.17. The second-order valence-electron chi connectivity index (χ2n) is 4.14. The Morgan fingerprint density at radius 2 is 2.17 bits per heavy atom. The van der Waals surface area contributed by atoms with Gasteiger partial charge in [-0.25, -0.2) is 4.39 Å². The minimum Gasteiger partial charge on any atom is -0.493 e. The number of ether oxygens (including phenoxy) is 1. The zero-order valence-electron chi connectivity index (χ0n) is 9.87. The third-order valence-electron chi connectivity index (χ3n) is 3.07. The van der Waals surface area contributed by atoms with E-state index < -0.39 is 0 Å². The highest BCUT2D eigenvalue weighted by Gasteiger charge is 2.23. The first kappa shape index (κ1) is 11.0. The van der Waals surface area contributed by atoms with E-state index in [9.17, 15) is 4.39 Å². The predicted molar refractivity (Wildman–Crippen MR) is 66.5 cm³/mol. The van der Waals surface area contributed by atoms with E-state index in [0.717, 1.165) is 16.9 Å². The lowest BCUT2D eigenvalue weighted by Gasteiger charge is -2.27. The Morgan fingerprint density at radius 3 is 3.00 bits per heavy atom. The highest BCUT2D eigenvalue weighted by Crippen LogP contribution is 2.36. The highest BCUT2D eigenvalue weighted by atomic mass is 19.1. The highest BCUT2D eigenvalue weighted by molar-refractivity contribution is 5.70. The number of anilines is 2. The van der Waals surface area contributed by atoms with Gasteiger partial charge in [0.2, 0.25) is 0 Å². The van der Waals surface area contributed by atoms with E-state index in [-0.39, 0.29) is 17.6 Å². The molecule has 0 radical (unpaired) electrons. The van der Waals surface area contributed by atoms with Crippen molar-refractivity contribution in [2.24, 2.45) is 0 Å². The van der Waals surface area contributed by atoms with Gasteiger partial charge < -0.3 is 19.8 Å². The maximum Gasteiger partial charge on any atom is 0.165 e. The summed E-state index contributed by atoms with van der Waals surface area (Å²) in [6.45, 7) is 0.645. The van der Waals surface area contributed by atoms with Crippen molar-refractivity contribution >= 4 is 11.4 Å². The van der Waals surface area contributed by atoms with Crippen LogP contribution in [-0.4, -0.2) is 13.7 Å². The molecule has 4 nitrogen and oxygen atoms in total. The van der Waals surface area contributed by atoms with Crippen molar-refractivity contribution in [2.75, 3.05) is 24.3 Å². The number of benzene rings is 1. The summed E-state index contributed by atoms with van der Waals surface area (Å²) >= 11 is 0. The van der Waals surface area contributed by atoms with Crippen LogP contribution in [0.3, 0.4) is 0 Å². The topological polar surface area (TPSA) is 46.4 Å². The quantitative estimate of drug-likeness (QED) is 0.857. The number of hydrogen-bond acceptors (Lipinski definition) is 4. The van der Waals surface area contributed by atoms with Crippen LogP contribution in [0.25, 0.3) is 0 Å². The van der Waals surface area contributed by atoms with Crippen LogP contribution >= 0.6 is 0 Å². The van der Waals surface area contributed by atoms with Gasteiger partial charge in [0.1, 0.15) is 12.5 Å². The zero-order valence-corrected chi connectivity index (χ0v) is 9.87. The standard InChI is InChI=1S/C13H13FN2O2/c1-17-13-8(3-2-4-9(13)14)10-5-15-11-6-18-7-12(11)16-10/h2-4,6-7,10,15-16H,5H2,1H3. The van der Waals surface area contributed by atoms with Crippen molar-refractivity contribution in [1.29, 1.82) is 0 Å². The number of hydrogen-bond donors (Lipinski definition) is 2. The maximum absolute atomic E-state index is 13.6. The first-order valence-electron chi connectivity index (χ1n) is 5.68. The molecule has 0 aliphatic carbocycles. The van der Waals surface area contributed by atoms with E-state index in [1.807, 2.05) is 6.07 Å². The van der Waals surface area contributed by atoms with Crippen LogP contribution in [0, 0.1) is 5.82 Å². The average molecular weight is 248 g/mol. The second kappa shape index (κ2) is 4.25. The molecule has 0 saturated heterocycles. The number of para-hydroxylation sites is 1. The molecule has 2 aromatic rings. The Bertz CT molecular complexity index is 568. The maximum atomic E-state index is 13.6. The molecule has 5 heteroatoms. The van der Waals surface area contributed by atoms with Crippen LogP contribution in [0.4, 0.5) is 15.8 Å². The number of rotatable bonds is 2. The van der Waals surface area contributed by atoms with Gasteiger partial charge in [-0.15, -0.1) is 0 Å². The zero-order chi connectivity index (χ0) is 12.5. The SMILES string of the molecule is COc1c(F)cccc1C1CNc2cocc2N1. The molecular formula is C13H13FN2O2. The molecule has 1 aromatic carbocycles. The van der Waals surface area contributed by atoms with Gasteiger partial charge in [-0.3, -0.25) is 0 Å². The molecule has 18 heavy (non-hydrogen) atoms. The van der Waals surface area contributed by atoms with Crippen molar-refractivity contribution < 1.29 is 13.5 Å². The van der Waals surface area contributed by atoms with E-state index in [0.29, 0.717) is 6.54 Å². The third kappa shape index (κ3) is 1.68. The van der Waals surface area contributed by atoms with Crippen LogP contribution in [0.2, 0.25) is 0 Å². The van der Waals surface area contributed by atoms with E-state index >= 15 is 0 Å². The van der Waals surface area contributed by atoms with Crippen molar-refractivity contribution in [2.45, 2.75) is 6.04 Å². The van der Waals surface area contributed by atoms with Crippen LogP contribution in [-0.2, 0) is 0 Å². The van der Waals surface area contributed by atoms with Gasteiger partial charge in [0.25, 0.3) is 0 Å². The Kier molecular flexibility index (Phi) is 2.59. The molecule has 0 spiro atoms. The van der Waals surface area contributed by atoms with Gasteiger partial charge in [-0.2, -0.15) is 0 Å². The second-order valence-corrected chi connectivity index (χ2v) is 4.14. The molecule has 0 fully saturated rings. The summed E-state index contributed by atoms with van der Waals surface area (Å²) in [5, 5.41) is 6.52. The van der Waals surface area contributed by atoms with Crippen molar-refractivity contribution in [3.63, 3.8) is 0 Å². The number of furan rings is 1. The summed E-state index contributed by atoms with van der Waals surface area (Å²) in [6.07, 6.45) is 3.27. The molecule has 1 atom stereocenters. The average Bonchev–Trinajstić information content (AvgIpc) is 2.85. The molecule has 0 saturated carbocycles. The lowest BCUT2D eigenvalue weighted by molar-refractivity contribution is 0.379. The molecule has 1 aromatic heterocycles. The van der Waals surface area contributed by atoms with Gasteiger partial charge in [0.05, 0.1) is 24.5 Å². The number of nitrogens with one attached hydrogen (secondary N) is 2. The minimum absolute atomic E-state index is 0.0549. The molecule has 0 amide bonds. The fraction of sp³-hybridized carbons (Fsp3) is 0.231. The fourth-order valence-electron chi connectivity index (χ4n) is 2.20. The molecule has 94 valence electrons. The molecule has 2 heterocycles. The summed E-state index contributed by atoms with van der Waals surface area (Å²) in [4.78, 5) is 0. The summed E-state index contributed by atoms with van der Waals surface area (Å²) in [5.74, 6) is -0.0708. The molecular weight excluding hydrogens is 235 g/mol. The summed E-state index contributed by atoms with van der Waals surface area (Å²) in [6, 6.07) is 4.87. The Balaban J connectivity index is 1.95. The number of methoxy groups -OCH3 is 1. The van der Waals surface area contributed by atoms with E-state index in [4.69, 9.17) is 9.15 Å². The Morgan fingerprint density at radius 1 is 1.33 bits per heavy atom. The first-order valence-corrected chi connectivity index (χ1v) is 5.68. The molecule has 1 aliphatic heterocycles. The van der Waals surface area contributed by atoms with Crippen LogP contribution in [0.1, 0.15) is 11.6 Å². The predicted octanol–water partition coefficient (Wildman–Crippen LogP) is 3.01. The lowest BCUT2D eigenvalue weighted by Crippen LogP contribution is -2.25. The monoisotopic (exact) mass is 248 g/mol. The van der Waals surface area contributed by atoms with Gasteiger partial charge >= 0.3 is 0 Å². The van der Waals surface area contributed by atoms with Crippen molar-refractivity contribution in [3.8, 4) is 5.75 Å². The first-order chi connectivity index (χ1) is 8.79. The van der Waals surface area contributed by atoms with Gasteiger partial charge in [-0.05, 0) is 6.07 Å². The number of halogens is 1. The van der Waals surface area contributed by atoms with Crippen molar-refractivity contribution in [3.05, 3.63) is 42.1 Å². The summed E-state index contributed by atoms with van der Waals surface area (Å²) < 4.78 is 23.9. The molecule has 2 N–H and O–H groups in total. The smallest absolute Gasteiger partial charge is 0.165 e. The molecule has 0 bridgehead atoms. The normalized spacial score (nSPS) is 17.6. The third-order valence-corrected chi connectivity index (χ3v) is 3.07. The summed E-state index contributed by atoms with van der Waals surface area (Å²) in [7, 11) is 1.47. The largest absolute Gasteiger partial charge is 0.493 e. The summed E-state index contributed by atoms with van der Waals surface area (Å²) in [5.41, 5.74) is 2.58. The van der Waals surface area contributed by atoms with E-state index in [1.54, 1.807) is 18.6 Å².